The average molecular weight is 1440 g/mol. The van der Waals surface area contributed by atoms with Gasteiger partial charge in [-0.05, 0) is 72.0 Å². The predicted molar refractivity (Wildman–Crippen MR) is 327 cm³/mol. The van der Waals surface area contributed by atoms with Crippen LogP contribution in [0.1, 0.15) is 28.4 Å². The molecular weight excluding hydrogens is 1400 g/mol. The average Bonchev–Trinajstić information content (AvgIpc) is 4.50. The van der Waals surface area contributed by atoms with E-state index in [4.69, 9.17) is 22.9 Å². The molecule has 10 rings (SSSR count). The van der Waals surface area contributed by atoms with Gasteiger partial charge < -0.3 is 81.0 Å². The largest absolute Gasteiger partial charge is 2.00 e. The number of rotatable bonds is 10. The molecule has 0 aliphatic rings. The third-order valence-corrected chi connectivity index (χ3v) is 16.0. The number of methoxy groups -OCH3 is 4. The van der Waals surface area contributed by atoms with E-state index in [0.717, 1.165) is 82.0 Å². The minimum atomic E-state index is -0.995. The zero-order chi connectivity index (χ0) is 58.1. The van der Waals surface area contributed by atoms with E-state index in [1.165, 1.54) is 23.7 Å². The van der Waals surface area contributed by atoms with Gasteiger partial charge >= 0.3 is 74.2 Å². The van der Waals surface area contributed by atoms with E-state index in [-0.39, 0.29) is 116 Å². The van der Waals surface area contributed by atoms with Gasteiger partial charge in [0.1, 0.15) is 5.69 Å². The third kappa shape index (κ3) is 25.9. The Hall–Kier alpha value is -5.94. The van der Waals surface area contributed by atoms with Crippen molar-refractivity contribution in [3.8, 4) is 44.7 Å². The summed E-state index contributed by atoms with van der Waals surface area (Å²) >= 11 is 6.67. The van der Waals surface area contributed by atoms with Crippen molar-refractivity contribution in [2.45, 2.75) is 7.43 Å². The predicted octanol–water partition coefficient (Wildman–Crippen LogP) is 10.6. The molecule has 4 unspecified atom stereocenters. The van der Waals surface area contributed by atoms with Gasteiger partial charge in [0.15, 0.2) is 0 Å². The summed E-state index contributed by atoms with van der Waals surface area (Å²) in [6.07, 6.45) is -0.601. The molecule has 0 aliphatic carbocycles. The first-order chi connectivity index (χ1) is 38.5. The van der Waals surface area contributed by atoms with Gasteiger partial charge in [-0.1, -0.05) is 25.3 Å². The summed E-state index contributed by atoms with van der Waals surface area (Å²) in [7, 11) is 4.29. The number of carbonyl (C=O) groups is 4. The molecule has 8 N–H and O–H groups in total. The van der Waals surface area contributed by atoms with Gasteiger partial charge in [0, 0.05) is 29.2 Å². The number of benzene rings is 2. The number of amides is 4. The molecule has 85 heavy (non-hydrogen) atoms. The number of fused-ring (bicyclic) bond motifs is 4. The second kappa shape index (κ2) is 41.2. The topological polar surface area (TPSA) is 383 Å². The number of aromatic amines is 4. The van der Waals surface area contributed by atoms with Gasteiger partial charge in [-0.2, -0.15) is 34.3 Å². The molecule has 2 aromatic carbocycles. The Labute approximate surface area is 555 Å². The van der Waals surface area contributed by atoms with Crippen LogP contribution in [0.2, 0.25) is 0 Å². The van der Waals surface area contributed by atoms with Crippen LogP contribution in [0.15, 0.2) is 73.1 Å². The fourth-order valence-corrected chi connectivity index (χ4v) is 12.1. The van der Waals surface area contributed by atoms with Crippen molar-refractivity contribution >= 4 is 191 Å². The van der Waals surface area contributed by atoms with Crippen LogP contribution in [0.3, 0.4) is 0 Å². The first-order valence-corrected chi connectivity index (χ1v) is 28.7. The number of hydrogen-bond acceptors (Lipinski definition) is 20. The molecule has 4 atom stereocenters. The quantitative estimate of drug-likeness (QED) is 0.0428. The van der Waals surface area contributed by atoms with Crippen molar-refractivity contribution in [1.82, 2.24) is 39.9 Å². The zero-order valence-electron chi connectivity index (χ0n) is 43.0. The number of hydrogen-bond donors (Lipinski definition) is 4. The molecule has 0 spiro atoms. The molecule has 0 aliphatic heterocycles. The van der Waals surface area contributed by atoms with Gasteiger partial charge in [-0.25, -0.2) is 44.0 Å². The molecule has 10 aromatic rings. The molecule has 0 saturated heterocycles. The van der Waals surface area contributed by atoms with Crippen LogP contribution in [0.4, 0.5) is 19.2 Å². The molecular formula is C49H40N12O12P4S4V4. The van der Waals surface area contributed by atoms with Crippen LogP contribution >= 0.6 is 79.7 Å². The van der Waals surface area contributed by atoms with Crippen LogP contribution in [0.25, 0.3) is 84.8 Å². The molecule has 0 bridgehead atoms. The van der Waals surface area contributed by atoms with Crippen molar-refractivity contribution in [3.63, 3.8) is 0 Å². The van der Waals surface area contributed by atoms with E-state index < -0.39 is 24.4 Å². The van der Waals surface area contributed by atoms with Crippen LogP contribution in [-0.4, -0.2) is 117 Å². The van der Waals surface area contributed by atoms with Crippen LogP contribution in [0, 0.1) is 23.7 Å². The van der Waals surface area contributed by atoms with Crippen LogP contribution < -0.4 is 22.3 Å². The van der Waals surface area contributed by atoms with E-state index in [1.54, 1.807) is 57.7 Å². The summed E-state index contributed by atoms with van der Waals surface area (Å²) in [5.74, 6) is 12.6. The minimum Gasteiger partial charge on any atom is -0.632 e. The van der Waals surface area contributed by atoms with E-state index in [1.807, 2.05) is 54.4 Å². The maximum atomic E-state index is 10.6. The van der Waals surface area contributed by atoms with Crippen LogP contribution in [-0.2, 0) is 112 Å². The Bertz CT molecular complexity index is 3840. The molecule has 36 heteroatoms. The van der Waals surface area contributed by atoms with E-state index >= 15 is 0 Å². The fourth-order valence-electron chi connectivity index (χ4n) is 5.85. The number of ether oxygens (including phenoxy) is 4. The molecule has 24 nitrogen and oxygen atoms in total. The molecule has 8 heterocycles. The van der Waals surface area contributed by atoms with Crippen molar-refractivity contribution in [2.75, 3.05) is 28.4 Å². The summed E-state index contributed by atoms with van der Waals surface area (Å²) in [5.41, 5.74) is 33.4. The molecule has 8 aromatic heterocycles. The summed E-state index contributed by atoms with van der Waals surface area (Å²) in [6, 6.07) is 27.8. The molecule has 0 fully saturated rings. The minimum absolute atomic E-state index is 0. The van der Waals surface area contributed by atoms with Crippen molar-refractivity contribution in [1.29, 1.82) is 0 Å². The Morgan fingerprint density at radius 1 is 0.482 bits per heavy atom. The molecule has 4 amide bonds. The smallest absolute Gasteiger partial charge is 0.632 e. The number of imidazole rings is 4. The Morgan fingerprint density at radius 2 is 0.882 bits per heavy atom. The standard InChI is InChI=1S/2C20H10N4O2P2S2.4C2H5NO2.CH4.4V/c25-9-27-19-21-8-12(22-19)2-3-13-6-17-18(29-13)7-16(30-17)11-1-4-14-15(5-11)24-20(23-14)28-10-26;25-9-27-19-21-8-15(24-19)16-7-18-17(30-16)6-12(29-18)3-1-11-2-4-13-14(5-11)23-20(22-13)28-10-26;4*1-5-2(3)4;;;;;/h1,4-8,27-28H,(H,21,22)(H,23,24);2,4-8,27-28H,(H,21,24)(H,22,23);4*1H3,(H2,3,4);1H4;;;;/q2*-2;;;;;;4*+2/p-4. The number of thiophene rings is 4. The maximum absolute atomic E-state index is 10.6. The third-order valence-electron chi connectivity index (χ3n) is 9.15. The molecule has 0 saturated carbocycles. The number of aromatic nitrogens is 8. The van der Waals surface area contributed by atoms with Gasteiger partial charge in [-0.3, -0.25) is 19.2 Å². The Kier molecular flexibility index (Phi) is 38.3. The number of H-pyrrole nitrogens is 4. The molecule has 432 valence electrons. The van der Waals surface area contributed by atoms with Gasteiger partial charge in [-0.15, -0.1) is 45.3 Å². The van der Waals surface area contributed by atoms with Crippen molar-refractivity contribution < 1.29 is 132 Å². The molecule has 4 radical (unpaired) electrons. The normalized spacial score (nSPS) is 9.84. The van der Waals surface area contributed by atoms with Gasteiger partial charge in [0.2, 0.25) is 24.4 Å². The second-order valence-electron chi connectivity index (χ2n) is 14.2. The zero-order valence-corrected chi connectivity index (χ0v) is 55.9. The summed E-state index contributed by atoms with van der Waals surface area (Å²) in [4.78, 5) is 113. The summed E-state index contributed by atoms with van der Waals surface area (Å²) in [6.45, 7) is 0. The Balaban J connectivity index is 0.00000121. The fraction of sp³-hybridized carbons (Fsp3) is 0.102. The number of nitrogens with one attached hydrogen (secondary N) is 8. The first kappa shape index (κ1) is 79.1. The first-order valence-electron chi connectivity index (χ1n) is 21.4. The van der Waals surface area contributed by atoms with Gasteiger partial charge in [0.25, 0.3) is 0 Å². The van der Waals surface area contributed by atoms with E-state index in [0.29, 0.717) is 28.0 Å². The second-order valence-corrected chi connectivity index (χ2v) is 22.2. The maximum Gasteiger partial charge on any atom is 2.00 e. The summed E-state index contributed by atoms with van der Waals surface area (Å²) < 4.78 is 19.8. The van der Waals surface area contributed by atoms with Crippen LogP contribution in [0.5, 0.6) is 0 Å². The van der Waals surface area contributed by atoms with Crippen molar-refractivity contribution in [3.05, 3.63) is 117 Å². The van der Waals surface area contributed by atoms with E-state index in [2.05, 4.69) is 113 Å². The van der Waals surface area contributed by atoms with Gasteiger partial charge in [0.05, 0.1) is 105 Å². The SMILES string of the molecule is C.COC([NH-])=O.COC([NH-])=O.COC([NH-])=O.COC([NH-])=O.O=[C-]Pc1ncc(-c2cc3sc(C#Cc4ccc5nc(P[C-]=O)[nH]c5c4)cc3s2)[nH]1.O=[C-]Pc1ncc(C#Cc2cc3sc(-c4ccc5nc(P[C-]=O)[nH]c5c4)cc3s2)[nH]1.[V+2].[V+2].[V+2].[V+2]. The number of carbonyl (C=O) groups excluding carboxylic acids is 8. The summed E-state index contributed by atoms with van der Waals surface area (Å²) in [5, 5.41) is 0. The Morgan fingerprint density at radius 3 is 1.35 bits per heavy atom. The van der Waals surface area contributed by atoms with E-state index in [9.17, 15) is 38.4 Å². The monoisotopic (exact) mass is 1440 g/mol. The van der Waals surface area contributed by atoms with Crippen molar-refractivity contribution in [2.24, 2.45) is 0 Å². The number of nitrogens with zero attached hydrogens (tertiary/aromatic N) is 4.